The van der Waals surface area contributed by atoms with Crippen LogP contribution in [0.25, 0.3) is 22.1 Å². The summed E-state index contributed by atoms with van der Waals surface area (Å²) >= 11 is 0. The summed E-state index contributed by atoms with van der Waals surface area (Å²) in [6.07, 6.45) is 1.53. The van der Waals surface area contributed by atoms with Crippen molar-refractivity contribution in [2.24, 2.45) is 0 Å². The van der Waals surface area contributed by atoms with Gasteiger partial charge in [0.2, 0.25) is 0 Å². The number of nitrogens with zero attached hydrogens (tertiary/aromatic N) is 1. The zero-order valence-corrected chi connectivity index (χ0v) is 10.3. The van der Waals surface area contributed by atoms with E-state index in [1.807, 2.05) is 0 Å². The van der Waals surface area contributed by atoms with Gasteiger partial charge >= 0.3 is 5.97 Å². The number of carboxylic acid groups (broad SMARTS) is 1. The molecule has 0 saturated carbocycles. The van der Waals surface area contributed by atoms with Crippen LogP contribution in [0.4, 0.5) is 0 Å². The normalized spacial score (nSPS) is 10.3. The molecular formula is C16H9NO3. The van der Waals surface area contributed by atoms with Crippen molar-refractivity contribution in [3.05, 3.63) is 59.9 Å². The molecule has 0 amide bonds. The summed E-state index contributed by atoms with van der Waals surface area (Å²) in [5.74, 6) is -1.01. The first-order valence-corrected chi connectivity index (χ1v) is 5.95. The number of benzene rings is 2. The standard InChI is InChI=1S/C16H9NO3/c17-9-10-7-11-5-6-20-15(11)14(8-10)12-3-1-2-4-13(12)16(18)19/h1-8H,(H,18,19). The molecule has 96 valence electrons. The number of carbonyl (C=O) groups is 1. The van der Waals surface area contributed by atoms with Crippen LogP contribution in [0.15, 0.2) is 53.1 Å². The van der Waals surface area contributed by atoms with Crippen molar-refractivity contribution in [2.45, 2.75) is 0 Å². The quantitative estimate of drug-likeness (QED) is 0.765. The maximum Gasteiger partial charge on any atom is 0.336 e. The number of fused-ring (bicyclic) bond motifs is 1. The van der Waals surface area contributed by atoms with Gasteiger partial charge in [-0.1, -0.05) is 18.2 Å². The Labute approximate surface area is 114 Å². The molecule has 3 rings (SSSR count). The maximum absolute atomic E-state index is 11.3. The van der Waals surface area contributed by atoms with Gasteiger partial charge in [0, 0.05) is 10.9 Å². The highest BCUT2D eigenvalue weighted by atomic mass is 16.4. The fraction of sp³-hybridized carbons (Fsp3) is 0. The van der Waals surface area contributed by atoms with E-state index in [1.165, 1.54) is 12.3 Å². The third kappa shape index (κ3) is 1.82. The van der Waals surface area contributed by atoms with Gasteiger partial charge < -0.3 is 9.52 Å². The van der Waals surface area contributed by atoms with Crippen molar-refractivity contribution in [3.8, 4) is 17.2 Å². The molecule has 0 atom stereocenters. The van der Waals surface area contributed by atoms with Crippen LogP contribution in [0, 0.1) is 11.3 Å². The first-order chi connectivity index (χ1) is 9.70. The summed E-state index contributed by atoms with van der Waals surface area (Å²) in [6, 6.07) is 13.9. The molecule has 0 fully saturated rings. The van der Waals surface area contributed by atoms with Crippen LogP contribution in [0.5, 0.6) is 0 Å². The number of aromatic carboxylic acids is 1. The second-order valence-electron chi connectivity index (χ2n) is 4.33. The minimum atomic E-state index is -1.01. The van der Waals surface area contributed by atoms with E-state index in [1.54, 1.807) is 36.4 Å². The van der Waals surface area contributed by atoms with Crippen molar-refractivity contribution < 1.29 is 14.3 Å². The average molecular weight is 263 g/mol. The molecule has 0 saturated heterocycles. The van der Waals surface area contributed by atoms with E-state index in [0.29, 0.717) is 22.3 Å². The van der Waals surface area contributed by atoms with Gasteiger partial charge in [0.15, 0.2) is 0 Å². The fourth-order valence-electron chi connectivity index (χ4n) is 2.25. The highest BCUT2D eigenvalue weighted by molar-refractivity contribution is 6.02. The molecule has 0 bridgehead atoms. The second-order valence-corrected chi connectivity index (χ2v) is 4.33. The van der Waals surface area contributed by atoms with Crippen molar-refractivity contribution in [3.63, 3.8) is 0 Å². The van der Waals surface area contributed by atoms with Crippen LogP contribution in [0.3, 0.4) is 0 Å². The van der Waals surface area contributed by atoms with Crippen molar-refractivity contribution >= 4 is 16.9 Å². The molecule has 2 aromatic carbocycles. The summed E-state index contributed by atoms with van der Waals surface area (Å²) in [6.45, 7) is 0. The smallest absolute Gasteiger partial charge is 0.336 e. The lowest BCUT2D eigenvalue weighted by atomic mass is 9.96. The Morgan fingerprint density at radius 3 is 2.70 bits per heavy atom. The van der Waals surface area contributed by atoms with Gasteiger partial charge in [-0.2, -0.15) is 5.26 Å². The number of hydrogen-bond acceptors (Lipinski definition) is 3. The molecule has 4 nitrogen and oxygen atoms in total. The number of hydrogen-bond donors (Lipinski definition) is 1. The van der Waals surface area contributed by atoms with Gasteiger partial charge in [0.1, 0.15) is 5.58 Å². The largest absolute Gasteiger partial charge is 0.478 e. The van der Waals surface area contributed by atoms with Crippen molar-refractivity contribution in [1.82, 2.24) is 0 Å². The van der Waals surface area contributed by atoms with Gasteiger partial charge in [-0.25, -0.2) is 4.79 Å². The van der Waals surface area contributed by atoms with Gasteiger partial charge in [0.25, 0.3) is 0 Å². The molecule has 0 radical (unpaired) electrons. The SMILES string of the molecule is N#Cc1cc(-c2ccccc2C(=O)O)c2occc2c1. The predicted molar refractivity (Wildman–Crippen MR) is 73.3 cm³/mol. The molecule has 0 unspecified atom stereocenters. The first-order valence-electron chi connectivity index (χ1n) is 5.95. The van der Waals surface area contributed by atoms with E-state index < -0.39 is 5.97 Å². The minimum Gasteiger partial charge on any atom is -0.478 e. The molecule has 1 aromatic heterocycles. The van der Waals surface area contributed by atoms with E-state index in [-0.39, 0.29) is 5.56 Å². The van der Waals surface area contributed by atoms with Crippen LogP contribution >= 0.6 is 0 Å². The molecule has 0 aliphatic rings. The Kier molecular flexibility index (Phi) is 2.73. The minimum absolute atomic E-state index is 0.181. The number of carboxylic acids is 1. The molecule has 1 N–H and O–H groups in total. The molecule has 0 spiro atoms. The molecule has 1 heterocycles. The molecule has 0 aliphatic carbocycles. The third-order valence-corrected chi connectivity index (χ3v) is 3.13. The average Bonchev–Trinajstić information content (AvgIpc) is 2.94. The van der Waals surface area contributed by atoms with Crippen LogP contribution in [-0.4, -0.2) is 11.1 Å². The Bertz CT molecular complexity index is 856. The Morgan fingerprint density at radius 2 is 1.95 bits per heavy atom. The number of nitriles is 1. The second kappa shape index (κ2) is 4.56. The molecular weight excluding hydrogens is 254 g/mol. The highest BCUT2D eigenvalue weighted by Gasteiger charge is 2.15. The molecule has 0 aliphatic heterocycles. The predicted octanol–water partition coefficient (Wildman–Crippen LogP) is 3.67. The summed E-state index contributed by atoms with van der Waals surface area (Å²) < 4.78 is 5.44. The van der Waals surface area contributed by atoms with Gasteiger partial charge in [0.05, 0.1) is 23.5 Å². The Balaban J connectivity index is 2.38. The molecule has 20 heavy (non-hydrogen) atoms. The zero-order valence-electron chi connectivity index (χ0n) is 10.3. The fourth-order valence-corrected chi connectivity index (χ4v) is 2.25. The van der Waals surface area contributed by atoms with Crippen molar-refractivity contribution in [2.75, 3.05) is 0 Å². The van der Waals surface area contributed by atoms with E-state index in [0.717, 1.165) is 5.39 Å². The van der Waals surface area contributed by atoms with E-state index >= 15 is 0 Å². The van der Waals surface area contributed by atoms with Crippen molar-refractivity contribution in [1.29, 1.82) is 5.26 Å². The van der Waals surface area contributed by atoms with Crippen LogP contribution in [0.2, 0.25) is 0 Å². The summed E-state index contributed by atoms with van der Waals surface area (Å²) in [5, 5.41) is 19.1. The van der Waals surface area contributed by atoms with Crippen LogP contribution in [-0.2, 0) is 0 Å². The summed E-state index contributed by atoms with van der Waals surface area (Å²) in [4.78, 5) is 11.3. The molecule has 4 heteroatoms. The molecule has 3 aromatic rings. The highest BCUT2D eigenvalue weighted by Crippen LogP contribution is 2.33. The number of rotatable bonds is 2. The van der Waals surface area contributed by atoms with Crippen LogP contribution < -0.4 is 0 Å². The van der Waals surface area contributed by atoms with E-state index in [9.17, 15) is 9.90 Å². The Hall–Kier alpha value is -3.06. The summed E-state index contributed by atoms with van der Waals surface area (Å²) in [5.41, 5.74) is 2.38. The van der Waals surface area contributed by atoms with Gasteiger partial charge in [-0.15, -0.1) is 0 Å². The first kappa shape index (κ1) is 12.0. The lowest BCUT2D eigenvalue weighted by molar-refractivity contribution is 0.0698. The zero-order chi connectivity index (χ0) is 14.1. The summed E-state index contributed by atoms with van der Waals surface area (Å²) in [7, 11) is 0. The number of furan rings is 1. The lowest BCUT2D eigenvalue weighted by Gasteiger charge is -2.07. The monoisotopic (exact) mass is 263 g/mol. The van der Waals surface area contributed by atoms with Gasteiger partial charge in [-0.05, 0) is 29.8 Å². The van der Waals surface area contributed by atoms with Gasteiger partial charge in [-0.3, -0.25) is 0 Å². The van der Waals surface area contributed by atoms with Crippen LogP contribution in [0.1, 0.15) is 15.9 Å². The third-order valence-electron chi connectivity index (χ3n) is 3.13. The van der Waals surface area contributed by atoms with E-state index in [2.05, 4.69) is 6.07 Å². The lowest BCUT2D eigenvalue weighted by Crippen LogP contribution is -1.99. The maximum atomic E-state index is 11.3. The Morgan fingerprint density at radius 1 is 1.15 bits per heavy atom. The topological polar surface area (TPSA) is 74.2 Å². The van der Waals surface area contributed by atoms with E-state index in [4.69, 9.17) is 9.68 Å².